The molecule has 4 aliphatic heterocycles. The van der Waals surface area contributed by atoms with Crippen molar-refractivity contribution in [2.24, 2.45) is 17.2 Å². The average molecular weight is 1150 g/mol. The van der Waals surface area contributed by atoms with Crippen molar-refractivity contribution in [3.63, 3.8) is 0 Å². The molecule has 1 aliphatic carbocycles. The van der Waals surface area contributed by atoms with Gasteiger partial charge in [-0.2, -0.15) is 0 Å². The third kappa shape index (κ3) is 12.6. The number of nitrogens with zero attached hydrogens (tertiary/aromatic N) is 2. The monoisotopic (exact) mass is 1150 g/mol. The van der Waals surface area contributed by atoms with Gasteiger partial charge in [-0.3, -0.25) is 14.6 Å². The van der Waals surface area contributed by atoms with E-state index in [4.69, 9.17) is 46.1 Å². The molecule has 3 aromatic heterocycles. The first-order valence-electron chi connectivity index (χ1n) is 27.7. The number of aliphatic hydroxyl groups excluding tert-OH is 8. The molecule has 8 rings (SSSR count). The number of aliphatic hydroxyl groups is 8. The largest absolute Gasteiger partial charge is 0.481 e. The highest BCUT2D eigenvalue weighted by Crippen LogP contribution is 2.43. The molecule has 15 unspecified atom stereocenters. The number of H-pyrrole nitrogens is 2. The Balaban J connectivity index is 1.05. The van der Waals surface area contributed by atoms with E-state index >= 15 is 0 Å². The average Bonchev–Trinajstić information content (AvgIpc) is 4.01. The van der Waals surface area contributed by atoms with E-state index in [1.165, 1.54) is 0 Å². The number of allylic oxidation sites excluding steroid dienone is 2. The van der Waals surface area contributed by atoms with Crippen LogP contribution in [0.25, 0.3) is 39.3 Å². The summed E-state index contributed by atoms with van der Waals surface area (Å²) in [6, 6.07) is 2.30. The van der Waals surface area contributed by atoms with E-state index in [9.17, 15) is 65.4 Å². The number of hydrogen-bond donors (Lipinski definition) is 17. The molecule has 1 amide bonds. The molecular formula is C56H79N9O17. The lowest BCUT2D eigenvalue weighted by Gasteiger charge is -2.49. The second-order valence-electron chi connectivity index (χ2n) is 22.0. The zero-order valence-corrected chi connectivity index (χ0v) is 46.4. The molecule has 3 fully saturated rings. The first-order chi connectivity index (χ1) is 38.9. The molecule has 5 aliphatic rings. The fourth-order valence-corrected chi connectivity index (χ4v) is 12.0. The predicted molar refractivity (Wildman–Crippen MR) is 297 cm³/mol. The minimum absolute atomic E-state index is 0.0309. The van der Waals surface area contributed by atoms with Gasteiger partial charge in [0, 0.05) is 76.8 Å². The molecule has 8 bridgehead atoms. The van der Waals surface area contributed by atoms with Crippen molar-refractivity contribution >= 4 is 57.1 Å². The molecule has 26 heteroatoms. The number of aryl methyl sites for hydroxylation is 2. The van der Waals surface area contributed by atoms with Gasteiger partial charge < -0.3 is 108 Å². The number of aliphatic carboxylic acids is 1. The van der Waals surface area contributed by atoms with Crippen LogP contribution in [0, 0.1) is 13.8 Å². The number of carboxylic acids is 2. The van der Waals surface area contributed by atoms with Crippen molar-refractivity contribution in [2.75, 3.05) is 26.2 Å². The fraction of sp³-hybridized carbons (Fsp3) is 0.589. The highest BCUT2D eigenvalue weighted by atomic mass is 16.7. The summed E-state index contributed by atoms with van der Waals surface area (Å²) >= 11 is 0. The van der Waals surface area contributed by atoms with Crippen molar-refractivity contribution in [1.82, 2.24) is 30.6 Å². The van der Waals surface area contributed by atoms with Crippen LogP contribution in [-0.4, -0.2) is 213 Å². The van der Waals surface area contributed by atoms with Gasteiger partial charge in [-0.25, -0.2) is 9.78 Å². The number of aromatic amines is 2. The lowest BCUT2D eigenvalue weighted by molar-refractivity contribution is -0.333. The Morgan fingerprint density at radius 2 is 1.54 bits per heavy atom. The van der Waals surface area contributed by atoms with Crippen molar-refractivity contribution in [3.8, 4) is 0 Å². The second-order valence-corrected chi connectivity index (χ2v) is 22.0. The van der Waals surface area contributed by atoms with Crippen LogP contribution in [0.2, 0.25) is 0 Å². The highest BCUT2D eigenvalue weighted by Gasteiger charge is 2.52. The number of amides is 1. The van der Waals surface area contributed by atoms with Gasteiger partial charge in [0.15, 0.2) is 12.6 Å². The Morgan fingerprint density at radius 3 is 2.20 bits per heavy atom. The second kappa shape index (κ2) is 26.1. The summed E-state index contributed by atoms with van der Waals surface area (Å²) in [5, 5.41) is 114. The number of aromatic nitrogens is 4. The van der Waals surface area contributed by atoms with Crippen molar-refractivity contribution < 1.29 is 84.4 Å². The molecule has 82 heavy (non-hydrogen) atoms. The van der Waals surface area contributed by atoms with Crippen LogP contribution in [-0.2, 0) is 35.0 Å². The maximum Gasteiger partial charge on any atom is 0.338 e. The molecule has 26 nitrogen and oxygen atoms in total. The Labute approximate surface area is 472 Å². The van der Waals surface area contributed by atoms with Crippen LogP contribution >= 0.6 is 0 Å². The zero-order valence-electron chi connectivity index (χ0n) is 46.4. The predicted octanol–water partition coefficient (Wildman–Crippen LogP) is -0.872. The van der Waals surface area contributed by atoms with E-state index in [2.05, 4.69) is 27.2 Å². The lowest BCUT2D eigenvalue weighted by Crippen LogP contribution is -2.69. The zero-order chi connectivity index (χ0) is 59.8. The van der Waals surface area contributed by atoms with Gasteiger partial charge in [0.2, 0.25) is 5.91 Å². The molecule has 20 N–H and O–H groups in total. The summed E-state index contributed by atoms with van der Waals surface area (Å²) in [4.78, 5) is 56.8. The van der Waals surface area contributed by atoms with Crippen molar-refractivity contribution in [1.29, 1.82) is 0 Å². The number of carbonyl (C=O) groups excluding carboxylic acids is 1. The molecule has 18 atom stereocenters. The normalized spacial score (nSPS) is 31.7. The number of carboxylic acid groups (broad SMARTS) is 2. The quantitative estimate of drug-likeness (QED) is 0.0654. The minimum Gasteiger partial charge on any atom is -0.481 e. The van der Waals surface area contributed by atoms with Crippen molar-refractivity contribution in [3.05, 3.63) is 75.4 Å². The molecule has 0 radical (unpaired) electrons. The topological polar surface area (TPSA) is 450 Å². The van der Waals surface area contributed by atoms with Crippen LogP contribution in [0.3, 0.4) is 0 Å². The van der Waals surface area contributed by atoms with Gasteiger partial charge in [0.25, 0.3) is 0 Å². The number of carbonyl (C=O) groups is 3. The third-order valence-electron chi connectivity index (χ3n) is 16.8. The smallest absolute Gasteiger partial charge is 0.338 e. The third-order valence-corrected chi connectivity index (χ3v) is 16.8. The SMILES string of the molecule is C=Cc1c(C)c2cc3nc(c(CC(=O)O)c4[nH]c(cc5nc(cc1[nH]2)C(C)=C5CC)c(C)c4C(=O)O)[C@@H](CCC(=O)NCC1OC(OC2C(N)CC(NC[C@H](O)CCN)C(OC4OC(CO)C(O)C(N)C4O)C2O)C(O)C(O)C1O)[C@@H]3C. The number of rotatable bonds is 20. The summed E-state index contributed by atoms with van der Waals surface area (Å²) < 4.78 is 23.9. The summed E-state index contributed by atoms with van der Waals surface area (Å²) in [6.07, 6.45) is -18.5. The van der Waals surface area contributed by atoms with E-state index in [0.717, 1.165) is 27.8 Å². The molecular weight excluding hydrogens is 1070 g/mol. The van der Waals surface area contributed by atoms with E-state index in [0.29, 0.717) is 40.1 Å². The molecule has 0 aromatic carbocycles. The van der Waals surface area contributed by atoms with E-state index in [1.807, 2.05) is 39.8 Å². The van der Waals surface area contributed by atoms with Gasteiger partial charge in [-0.05, 0) is 93.5 Å². The van der Waals surface area contributed by atoms with Gasteiger partial charge in [0.1, 0.15) is 61.0 Å². The van der Waals surface area contributed by atoms with E-state index in [-0.39, 0.29) is 61.1 Å². The number of hydrogen-bond acceptors (Lipinski definition) is 21. The Hall–Kier alpha value is -5.63. The molecule has 3 aromatic rings. The summed E-state index contributed by atoms with van der Waals surface area (Å²) in [5.74, 6) is -4.25. The number of nitrogens with one attached hydrogen (secondary N) is 4. The Kier molecular flexibility index (Phi) is 19.9. The van der Waals surface area contributed by atoms with Gasteiger partial charge in [-0.1, -0.05) is 26.5 Å². The number of fused-ring (bicyclic) bond motifs is 8. The van der Waals surface area contributed by atoms with E-state index in [1.54, 1.807) is 19.1 Å². The van der Waals surface area contributed by atoms with Crippen LogP contribution in [0.1, 0.15) is 120 Å². The molecule has 7 heterocycles. The number of ether oxygens (including phenoxy) is 4. The molecule has 450 valence electrons. The van der Waals surface area contributed by atoms with Crippen LogP contribution in [0.5, 0.6) is 0 Å². The standard InChI is InChI=1S/C56H79N9O17/c1-7-26-21(3)31-15-33-23(5)28(44(64-33)29(13-41(69)70)45-42(54(77)78)24(6)34(65-45)17-36-27(8-2)22(4)32(63-36)16-35(26)62-31)9-10-40(68)61-19-38-47(72)49(74)50(75)56(79-38)81-52-30(58)14-37(60-18-25(67)11-12-57)53(51(52)76)82-55-48(73)43(59)46(71)39(20-66)80-55/h7,15-17,23,25,28,30,37-39,43,46-53,55-56,60,62,65-67,71-76H,1,8-14,18-20,57-59H2,2-6H3,(H,61,68)(H,69,70)(H,77,78)/t23-,25+,28-,30?,37?,38?,39?,43?,46?,47?,48?,49?,50?,51?,52?,53?,55?,56?/m0/s1. The lowest BCUT2D eigenvalue weighted by atomic mass is 9.83. The van der Waals surface area contributed by atoms with Gasteiger partial charge in [0.05, 0.1) is 53.3 Å². The van der Waals surface area contributed by atoms with Crippen LogP contribution in [0.4, 0.5) is 0 Å². The molecule has 0 spiro atoms. The summed E-state index contributed by atoms with van der Waals surface area (Å²) in [5.41, 5.74) is 26.1. The Bertz CT molecular complexity index is 3060. The maximum absolute atomic E-state index is 14.0. The number of aromatic carboxylic acids is 1. The molecule has 2 saturated heterocycles. The first kappa shape index (κ1) is 62.4. The fourth-order valence-electron chi connectivity index (χ4n) is 12.0. The Morgan fingerprint density at radius 1 is 0.866 bits per heavy atom. The molecule has 1 saturated carbocycles. The van der Waals surface area contributed by atoms with Crippen LogP contribution < -0.4 is 27.8 Å². The summed E-state index contributed by atoms with van der Waals surface area (Å²) in [7, 11) is 0. The first-order valence-corrected chi connectivity index (χ1v) is 27.7. The summed E-state index contributed by atoms with van der Waals surface area (Å²) in [6.45, 7) is 12.5. The minimum atomic E-state index is -1.93. The highest BCUT2D eigenvalue weighted by molar-refractivity contribution is 6.03. The van der Waals surface area contributed by atoms with Gasteiger partial charge >= 0.3 is 11.9 Å². The number of nitrogens with two attached hydrogens (primary N) is 3. The maximum atomic E-state index is 14.0. The van der Waals surface area contributed by atoms with Crippen LogP contribution in [0.15, 0.2) is 24.8 Å². The van der Waals surface area contributed by atoms with Crippen molar-refractivity contribution in [2.45, 2.75) is 183 Å². The van der Waals surface area contributed by atoms with Gasteiger partial charge in [-0.15, -0.1) is 0 Å². The van der Waals surface area contributed by atoms with E-state index < -0.39 is 147 Å².